The molecule has 20 heavy (non-hydrogen) atoms. The summed E-state index contributed by atoms with van der Waals surface area (Å²) in [7, 11) is -1.63. The van der Waals surface area contributed by atoms with Crippen LogP contribution in [0.5, 0.6) is 0 Å². The molecule has 0 aliphatic carbocycles. The first kappa shape index (κ1) is 17.1. The predicted octanol–water partition coefficient (Wildman–Crippen LogP) is 2.14. The SMILES string of the molecule is Cc1ccccc1CN(C)S(=O)(=O)C(C)CNC(C)C. The summed E-state index contributed by atoms with van der Waals surface area (Å²) in [5, 5.41) is 2.74. The van der Waals surface area contributed by atoms with Crippen molar-refractivity contribution in [3.8, 4) is 0 Å². The molecule has 1 atom stereocenters. The zero-order valence-corrected chi connectivity index (χ0v) is 13.9. The van der Waals surface area contributed by atoms with Gasteiger partial charge in [-0.2, -0.15) is 0 Å². The molecule has 0 aliphatic heterocycles. The molecule has 114 valence electrons. The number of benzene rings is 1. The molecule has 1 unspecified atom stereocenters. The van der Waals surface area contributed by atoms with E-state index in [0.717, 1.165) is 11.1 Å². The van der Waals surface area contributed by atoms with Crippen LogP contribution in [0.15, 0.2) is 24.3 Å². The van der Waals surface area contributed by atoms with Gasteiger partial charge < -0.3 is 5.32 Å². The van der Waals surface area contributed by atoms with Crippen LogP contribution in [-0.2, 0) is 16.6 Å². The molecule has 0 aromatic heterocycles. The van der Waals surface area contributed by atoms with E-state index in [2.05, 4.69) is 5.32 Å². The smallest absolute Gasteiger partial charge is 0.218 e. The largest absolute Gasteiger partial charge is 0.313 e. The molecule has 4 nitrogen and oxygen atoms in total. The average Bonchev–Trinajstić information content (AvgIpc) is 2.38. The Morgan fingerprint density at radius 2 is 1.80 bits per heavy atom. The van der Waals surface area contributed by atoms with Gasteiger partial charge in [-0.3, -0.25) is 0 Å². The first-order valence-corrected chi connectivity index (χ1v) is 8.48. The fraction of sp³-hybridized carbons (Fsp3) is 0.600. The molecule has 1 N–H and O–H groups in total. The third-order valence-electron chi connectivity index (χ3n) is 3.41. The topological polar surface area (TPSA) is 49.4 Å². The lowest BCUT2D eigenvalue weighted by Crippen LogP contribution is -2.41. The highest BCUT2D eigenvalue weighted by atomic mass is 32.2. The fourth-order valence-electron chi connectivity index (χ4n) is 1.93. The lowest BCUT2D eigenvalue weighted by Gasteiger charge is -2.23. The van der Waals surface area contributed by atoms with E-state index in [4.69, 9.17) is 0 Å². The Balaban J connectivity index is 2.74. The fourth-order valence-corrected chi connectivity index (χ4v) is 3.17. The van der Waals surface area contributed by atoms with Gasteiger partial charge in [-0.1, -0.05) is 38.1 Å². The van der Waals surface area contributed by atoms with Crippen molar-refractivity contribution in [2.45, 2.75) is 45.5 Å². The molecule has 0 heterocycles. The van der Waals surface area contributed by atoms with Crippen molar-refractivity contribution in [3.63, 3.8) is 0 Å². The molecule has 0 saturated heterocycles. The minimum Gasteiger partial charge on any atom is -0.313 e. The second kappa shape index (κ2) is 7.20. The molecule has 1 rings (SSSR count). The summed E-state index contributed by atoms with van der Waals surface area (Å²) in [6, 6.07) is 8.15. The number of hydrogen-bond acceptors (Lipinski definition) is 3. The molecule has 1 aromatic rings. The molecule has 0 amide bonds. The third kappa shape index (κ3) is 4.58. The molecular weight excluding hydrogens is 272 g/mol. The average molecular weight is 298 g/mol. The Hall–Kier alpha value is -0.910. The van der Waals surface area contributed by atoms with E-state index >= 15 is 0 Å². The summed E-state index contributed by atoms with van der Waals surface area (Å²) < 4.78 is 26.3. The molecule has 0 saturated carbocycles. The lowest BCUT2D eigenvalue weighted by molar-refractivity contribution is 0.450. The van der Waals surface area contributed by atoms with Gasteiger partial charge in [-0.25, -0.2) is 12.7 Å². The quantitative estimate of drug-likeness (QED) is 0.839. The van der Waals surface area contributed by atoms with Crippen molar-refractivity contribution in [1.29, 1.82) is 0 Å². The summed E-state index contributed by atoms with van der Waals surface area (Å²) in [4.78, 5) is 0. The molecule has 0 bridgehead atoms. The third-order valence-corrected chi connectivity index (χ3v) is 5.59. The number of hydrogen-bond donors (Lipinski definition) is 1. The van der Waals surface area contributed by atoms with Crippen LogP contribution in [0.25, 0.3) is 0 Å². The summed E-state index contributed by atoms with van der Waals surface area (Å²) in [5.41, 5.74) is 2.16. The van der Waals surface area contributed by atoms with Gasteiger partial charge in [0.2, 0.25) is 10.0 Å². The van der Waals surface area contributed by atoms with Crippen LogP contribution in [0.4, 0.5) is 0 Å². The first-order chi connectivity index (χ1) is 9.25. The molecule has 0 spiro atoms. The Morgan fingerprint density at radius 1 is 1.20 bits per heavy atom. The predicted molar refractivity (Wildman–Crippen MR) is 84.2 cm³/mol. The van der Waals surface area contributed by atoms with E-state index in [1.165, 1.54) is 4.31 Å². The second-order valence-electron chi connectivity index (χ2n) is 5.60. The van der Waals surface area contributed by atoms with E-state index in [1.54, 1.807) is 14.0 Å². The molecule has 0 fully saturated rings. The summed E-state index contributed by atoms with van der Waals surface area (Å²) in [6.07, 6.45) is 0. The highest BCUT2D eigenvalue weighted by Gasteiger charge is 2.26. The number of sulfonamides is 1. The standard InChI is InChI=1S/C15H26N2O2S/c1-12(2)16-10-14(4)20(18,19)17(5)11-15-9-7-6-8-13(15)3/h6-9,12,14,16H,10-11H2,1-5H3. The molecule has 0 aliphatic rings. The van der Waals surface area contributed by atoms with Crippen LogP contribution in [0.2, 0.25) is 0 Å². The van der Waals surface area contributed by atoms with E-state index in [1.807, 2.05) is 45.0 Å². The van der Waals surface area contributed by atoms with Crippen molar-refractivity contribution in [2.75, 3.05) is 13.6 Å². The monoisotopic (exact) mass is 298 g/mol. The van der Waals surface area contributed by atoms with Crippen LogP contribution < -0.4 is 5.32 Å². The second-order valence-corrected chi connectivity index (χ2v) is 8.06. The summed E-state index contributed by atoms with van der Waals surface area (Å²) >= 11 is 0. The normalized spacial score (nSPS) is 13.9. The van der Waals surface area contributed by atoms with E-state index in [0.29, 0.717) is 13.1 Å². The molecular formula is C15H26N2O2S. The van der Waals surface area contributed by atoms with Gasteiger partial charge in [0.15, 0.2) is 0 Å². The van der Waals surface area contributed by atoms with E-state index in [-0.39, 0.29) is 6.04 Å². The number of nitrogens with zero attached hydrogens (tertiary/aromatic N) is 1. The number of rotatable bonds is 7. The van der Waals surface area contributed by atoms with Crippen molar-refractivity contribution >= 4 is 10.0 Å². The van der Waals surface area contributed by atoms with E-state index in [9.17, 15) is 8.42 Å². The molecule has 1 aromatic carbocycles. The Morgan fingerprint density at radius 3 is 2.35 bits per heavy atom. The van der Waals surface area contributed by atoms with Crippen LogP contribution in [0.1, 0.15) is 31.9 Å². The van der Waals surface area contributed by atoms with Crippen molar-refractivity contribution < 1.29 is 8.42 Å². The molecule has 0 radical (unpaired) electrons. The van der Waals surface area contributed by atoms with Gasteiger partial charge in [0.25, 0.3) is 0 Å². The Labute approximate surface area is 123 Å². The van der Waals surface area contributed by atoms with Crippen molar-refractivity contribution in [1.82, 2.24) is 9.62 Å². The van der Waals surface area contributed by atoms with Gasteiger partial charge in [-0.15, -0.1) is 0 Å². The summed E-state index contributed by atoms with van der Waals surface area (Å²) in [5.74, 6) is 0. The van der Waals surface area contributed by atoms with Crippen LogP contribution in [-0.4, -0.2) is 37.6 Å². The Bertz CT molecular complexity index is 526. The Kier molecular flexibility index (Phi) is 6.17. The first-order valence-electron chi connectivity index (χ1n) is 6.98. The maximum Gasteiger partial charge on any atom is 0.218 e. The minimum atomic E-state index is -3.28. The van der Waals surface area contributed by atoms with Crippen molar-refractivity contribution in [3.05, 3.63) is 35.4 Å². The highest BCUT2D eigenvalue weighted by Crippen LogP contribution is 2.14. The lowest BCUT2D eigenvalue weighted by atomic mass is 10.1. The zero-order chi connectivity index (χ0) is 15.3. The maximum atomic E-state index is 12.4. The van der Waals surface area contributed by atoms with E-state index < -0.39 is 15.3 Å². The van der Waals surface area contributed by atoms with Gasteiger partial charge in [0, 0.05) is 26.2 Å². The van der Waals surface area contributed by atoms with Crippen LogP contribution in [0, 0.1) is 6.92 Å². The summed E-state index contributed by atoms with van der Waals surface area (Å²) in [6.45, 7) is 8.66. The van der Waals surface area contributed by atoms with Gasteiger partial charge >= 0.3 is 0 Å². The minimum absolute atomic E-state index is 0.286. The number of aryl methyl sites for hydroxylation is 1. The van der Waals surface area contributed by atoms with Gasteiger partial charge in [0.05, 0.1) is 5.25 Å². The molecule has 5 heteroatoms. The van der Waals surface area contributed by atoms with Crippen LogP contribution in [0.3, 0.4) is 0 Å². The number of nitrogens with one attached hydrogen (secondary N) is 1. The van der Waals surface area contributed by atoms with Crippen molar-refractivity contribution in [2.24, 2.45) is 0 Å². The maximum absolute atomic E-state index is 12.4. The van der Waals surface area contributed by atoms with Gasteiger partial charge in [-0.05, 0) is 25.0 Å². The van der Waals surface area contributed by atoms with Gasteiger partial charge in [0.1, 0.15) is 0 Å². The highest BCUT2D eigenvalue weighted by molar-refractivity contribution is 7.89. The van der Waals surface area contributed by atoms with Crippen LogP contribution >= 0.6 is 0 Å². The zero-order valence-electron chi connectivity index (χ0n) is 13.1.